The number of rotatable bonds is 1. The fourth-order valence-corrected chi connectivity index (χ4v) is 2.81. The normalized spacial score (nSPS) is 17.4. The smallest absolute Gasteiger partial charge is 0.220 e. The van der Waals surface area contributed by atoms with Crippen LogP contribution in [0, 0.1) is 0 Å². The summed E-state index contributed by atoms with van der Waals surface area (Å²) < 4.78 is 5.16. The van der Waals surface area contributed by atoms with Crippen LogP contribution in [0.25, 0.3) is 10.9 Å². The molecular weight excluding hydrogens is 256 g/mol. The highest BCUT2D eigenvalue weighted by Crippen LogP contribution is 2.31. The van der Waals surface area contributed by atoms with Crippen molar-refractivity contribution in [2.24, 2.45) is 0 Å². The number of nitrogens with zero attached hydrogens (tertiary/aromatic N) is 1. The van der Waals surface area contributed by atoms with Crippen molar-refractivity contribution < 1.29 is 9.53 Å². The maximum Gasteiger partial charge on any atom is 0.220 e. The van der Waals surface area contributed by atoms with Crippen LogP contribution in [0.4, 0.5) is 0 Å². The molecule has 0 saturated heterocycles. The Hall–Kier alpha value is -2.30. The number of carbonyl (C=O) groups is 1. The number of benzene rings is 1. The Labute approximate surface area is 116 Å². The van der Waals surface area contributed by atoms with Crippen LogP contribution < -0.4 is 10.2 Å². The van der Waals surface area contributed by atoms with Gasteiger partial charge in [0.2, 0.25) is 5.91 Å². The first-order valence-electron chi connectivity index (χ1n) is 6.53. The second-order valence-corrected chi connectivity index (χ2v) is 5.08. The van der Waals surface area contributed by atoms with E-state index in [2.05, 4.69) is 4.98 Å². The third-order valence-electron chi connectivity index (χ3n) is 3.96. The molecule has 0 spiro atoms. The van der Waals surface area contributed by atoms with E-state index < -0.39 is 0 Å². The summed E-state index contributed by atoms with van der Waals surface area (Å²) in [5, 5.41) is 0.598. The van der Waals surface area contributed by atoms with Gasteiger partial charge in [-0.3, -0.25) is 9.59 Å². The van der Waals surface area contributed by atoms with E-state index in [9.17, 15) is 9.59 Å². The van der Waals surface area contributed by atoms with Gasteiger partial charge in [-0.2, -0.15) is 0 Å². The Morgan fingerprint density at radius 2 is 2.20 bits per heavy atom. The molecule has 104 valence electrons. The molecule has 20 heavy (non-hydrogen) atoms. The summed E-state index contributed by atoms with van der Waals surface area (Å²) in [6.45, 7) is 3.82. The minimum absolute atomic E-state index is 0.0248. The summed E-state index contributed by atoms with van der Waals surface area (Å²) >= 11 is 0. The molecule has 0 aliphatic carbocycles. The van der Waals surface area contributed by atoms with E-state index in [1.54, 1.807) is 18.1 Å². The van der Waals surface area contributed by atoms with Gasteiger partial charge in [-0.15, -0.1) is 0 Å². The lowest BCUT2D eigenvalue weighted by molar-refractivity contribution is -0.130. The summed E-state index contributed by atoms with van der Waals surface area (Å²) in [6, 6.07) is 5.28. The van der Waals surface area contributed by atoms with Gasteiger partial charge in [-0.05, 0) is 25.1 Å². The summed E-state index contributed by atoms with van der Waals surface area (Å²) in [5.41, 5.74) is 2.26. The number of aromatic amines is 1. The molecule has 1 atom stereocenters. The van der Waals surface area contributed by atoms with Crippen molar-refractivity contribution in [1.29, 1.82) is 0 Å². The van der Waals surface area contributed by atoms with Crippen molar-refractivity contribution >= 4 is 16.8 Å². The third-order valence-corrected chi connectivity index (χ3v) is 3.96. The van der Waals surface area contributed by atoms with Gasteiger partial charge >= 0.3 is 0 Å². The molecule has 1 aromatic carbocycles. The number of fused-ring (bicyclic) bond motifs is 2. The number of pyridine rings is 1. The fourth-order valence-electron chi connectivity index (χ4n) is 2.81. The molecule has 3 rings (SSSR count). The van der Waals surface area contributed by atoms with E-state index in [1.807, 2.05) is 19.1 Å². The zero-order valence-corrected chi connectivity index (χ0v) is 11.7. The lowest BCUT2D eigenvalue weighted by Crippen LogP contribution is -2.25. The number of hydrogen-bond donors (Lipinski definition) is 1. The molecule has 1 aliphatic rings. The maximum absolute atomic E-state index is 12.6. The zero-order valence-electron chi connectivity index (χ0n) is 11.7. The van der Waals surface area contributed by atoms with Crippen LogP contribution in [-0.2, 0) is 11.3 Å². The molecule has 0 fully saturated rings. The van der Waals surface area contributed by atoms with E-state index in [-0.39, 0.29) is 17.4 Å². The van der Waals surface area contributed by atoms with E-state index in [0.29, 0.717) is 23.2 Å². The average Bonchev–Trinajstić information content (AvgIpc) is 2.77. The fraction of sp³-hybridized carbons (Fsp3) is 0.333. The molecule has 0 saturated carbocycles. The molecule has 0 radical (unpaired) electrons. The average molecular weight is 272 g/mol. The topological polar surface area (TPSA) is 62.4 Å². The van der Waals surface area contributed by atoms with Crippen LogP contribution in [0.2, 0.25) is 0 Å². The quantitative estimate of drug-likeness (QED) is 0.863. The highest BCUT2D eigenvalue weighted by atomic mass is 16.5. The van der Waals surface area contributed by atoms with Crippen molar-refractivity contribution in [1.82, 2.24) is 9.88 Å². The SMILES string of the molecule is COc1ccc2[nH]c3c(c(=O)c2c1)CN(C(C)=O)C3C. The monoisotopic (exact) mass is 272 g/mol. The molecular formula is C15H16N2O3. The van der Waals surface area contributed by atoms with Gasteiger partial charge in [-0.1, -0.05) is 0 Å². The molecule has 1 aromatic heterocycles. The third kappa shape index (κ3) is 1.70. The van der Waals surface area contributed by atoms with Crippen LogP contribution >= 0.6 is 0 Å². The Morgan fingerprint density at radius 3 is 2.85 bits per heavy atom. The van der Waals surface area contributed by atoms with Gasteiger partial charge < -0.3 is 14.6 Å². The first-order valence-corrected chi connectivity index (χ1v) is 6.53. The Morgan fingerprint density at radius 1 is 1.45 bits per heavy atom. The van der Waals surface area contributed by atoms with Crippen molar-refractivity contribution in [3.8, 4) is 5.75 Å². The van der Waals surface area contributed by atoms with E-state index >= 15 is 0 Å². The van der Waals surface area contributed by atoms with E-state index in [4.69, 9.17) is 4.74 Å². The summed E-state index contributed by atoms with van der Waals surface area (Å²) in [6.07, 6.45) is 0. The number of nitrogens with one attached hydrogen (secondary N) is 1. The molecule has 5 heteroatoms. The number of methoxy groups -OCH3 is 1. The molecule has 1 N–H and O–H groups in total. The zero-order chi connectivity index (χ0) is 14.4. The second kappa shape index (κ2) is 4.37. The number of amides is 1. The van der Waals surface area contributed by atoms with Gasteiger partial charge in [0.15, 0.2) is 5.43 Å². The molecule has 0 bridgehead atoms. The van der Waals surface area contributed by atoms with Crippen molar-refractivity contribution in [3.05, 3.63) is 39.7 Å². The minimum Gasteiger partial charge on any atom is -0.497 e. The Bertz CT molecular complexity index is 764. The van der Waals surface area contributed by atoms with Gasteiger partial charge in [0.25, 0.3) is 0 Å². The number of ether oxygens (including phenoxy) is 1. The molecule has 2 heterocycles. The van der Waals surface area contributed by atoms with Crippen molar-refractivity contribution in [2.75, 3.05) is 7.11 Å². The lowest BCUT2D eigenvalue weighted by atomic mass is 10.1. The number of aromatic nitrogens is 1. The Balaban J connectivity index is 2.25. The molecule has 1 unspecified atom stereocenters. The summed E-state index contributed by atoms with van der Waals surface area (Å²) in [4.78, 5) is 29.2. The van der Waals surface area contributed by atoms with Crippen LogP contribution in [0.5, 0.6) is 5.75 Å². The van der Waals surface area contributed by atoms with Gasteiger partial charge in [0.1, 0.15) is 5.75 Å². The van der Waals surface area contributed by atoms with Gasteiger partial charge in [0, 0.05) is 29.1 Å². The Kier molecular flexibility index (Phi) is 2.78. The number of H-pyrrole nitrogens is 1. The van der Waals surface area contributed by atoms with Crippen LogP contribution in [0.1, 0.15) is 31.1 Å². The number of hydrogen-bond acceptors (Lipinski definition) is 3. The standard InChI is InChI=1S/C15H16N2O3/c1-8-14-12(7-17(8)9(2)18)15(19)11-6-10(20-3)4-5-13(11)16-14/h4-6,8H,7H2,1-3H3,(H,16,19). The second-order valence-electron chi connectivity index (χ2n) is 5.08. The van der Waals surface area contributed by atoms with Crippen LogP contribution in [-0.4, -0.2) is 22.9 Å². The summed E-state index contributed by atoms with van der Waals surface area (Å²) in [7, 11) is 1.57. The maximum atomic E-state index is 12.6. The first kappa shape index (κ1) is 12.7. The molecule has 1 aliphatic heterocycles. The minimum atomic E-state index is -0.0956. The molecule has 1 amide bonds. The van der Waals surface area contributed by atoms with Crippen molar-refractivity contribution in [3.63, 3.8) is 0 Å². The van der Waals surface area contributed by atoms with Gasteiger partial charge in [0.05, 0.1) is 19.7 Å². The largest absolute Gasteiger partial charge is 0.497 e. The lowest BCUT2D eigenvalue weighted by Gasteiger charge is -2.19. The van der Waals surface area contributed by atoms with Crippen molar-refractivity contribution in [2.45, 2.75) is 26.4 Å². The van der Waals surface area contributed by atoms with E-state index in [1.165, 1.54) is 6.92 Å². The van der Waals surface area contributed by atoms with Crippen LogP contribution in [0.3, 0.4) is 0 Å². The van der Waals surface area contributed by atoms with Crippen LogP contribution in [0.15, 0.2) is 23.0 Å². The van der Waals surface area contributed by atoms with Gasteiger partial charge in [-0.25, -0.2) is 0 Å². The summed E-state index contributed by atoms with van der Waals surface area (Å²) in [5.74, 6) is 0.626. The predicted octanol–water partition coefficient (Wildman–Crippen LogP) is 1.96. The highest BCUT2D eigenvalue weighted by Gasteiger charge is 2.31. The van der Waals surface area contributed by atoms with E-state index in [0.717, 1.165) is 11.2 Å². The number of carbonyl (C=O) groups excluding carboxylic acids is 1. The molecule has 5 nitrogen and oxygen atoms in total. The molecule has 2 aromatic rings. The highest BCUT2D eigenvalue weighted by molar-refractivity contribution is 5.82. The first-order chi connectivity index (χ1) is 9.52. The predicted molar refractivity (Wildman–Crippen MR) is 75.8 cm³/mol.